The zero-order valence-corrected chi connectivity index (χ0v) is 24.3. The summed E-state index contributed by atoms with van der Waals surface area (Å²) in [7, 11) is 0. The van der Waals surface area contributed by atoms with Gasteiger partial charge in [-0.15, -0.1) is 0 Å². The summed E-state index contributed by atoms with van der Waals surface area (Å²) in [5.41, 5.74) is 7.12. The molecule has 1 amide bonds. The molecule has 0 aromatic heterocycles. The Labute approximate surface area is 247 Å². The lowest BCUT2D eigenvalue weighted by atomic mass is 9.64. The molecule has 2 nitrogen and oxygen atoms in total. The highest BCUT2D eigenvalue weighted by Crippen LogP contribution is 2.48. The third-order valence-corrected chi connectivity index (χ3v) is 8.50. The molecule has 3 heteroatoms. The van der Waals surface area contributed by atoms with E-state index < -0.39 is 11.0 Å². The molecule has 5 aromatic carbocycles. The molecule has 0 aliphatic carbocycles. The van der Waals surface area contributed by atoms with E-state index in [4.69, 9.17) is 11.6 Å². The predicted octanol–water partition coefficient (Wildman–Crippen LogP) is 9.56. The van der Waals surface area contributed by atoms with Gasteiger partial charge < -0.3 is 0 Å². The Morgan fingerprint density at radius 1 is 0.659 bits per heavy atom. The molecule has 0 saturated carbocycles. The van der Waals surface area contributed by atoms with E-state index in [-0.39, 0.29) is 5.91 Å². The quantitative estimate of drug-likeness (QED) is 0.198. The number of benzene rings is 5. The van der Waals surface area contributed by atoms with Gasteiger partial charge in [-0.2, -0.15) is 0 Å². The fourth-order valence-electron chi connectivity index (χ4n) is 6.45. The number of amides is 1. The molecule has 0 spiro atoms. The van der Waals surface area contributed by atoms with E-state index in [9.17, 15) is 4.79 Å². The summed E-state index contributed by atoms with van der Waals surface area (Å²) >= 11 is 6.51. The highest BCUT2D eigenvalue weighted by molar-refractivity contribution is 6.34. The molecular weight excluding hydrogens is 522 g/mol. The normalized spacial score (nSPS) is 14.2. The van der Waals surface area contributed by atoms with Crippen LogP contribution in [0.3, 0.4) is 0 Å². The van der Waals surface area contributed by atoms with Gasteiger partial charge in [-0.25, -0.2) is 0 Å². The van der Waals surface area contributed by atoms with Crippen LogP contribution < -0.4 is 4.90 Å². The lowest BCUT2D eigenvalue weighted by Crippen LogP contribution is -2.49. The first kappa shape index (κ1) is 26.8. The monoisotopic (exact) mass is 553 g/mol. The standard InChI is InChI=1S/C38H32ClNO/c1-27-26-37(2,3)40(36(41)32-21-13-14-22-34(32)39)35-24-23-31(25-33(27)35)38(28-15-7-4-8-16-28,29-17-9-5-10-18-29)30-19-11-6-12-20-30/h4-26H,1-3H3. The van der Waals surface area contributed by atoms with Crippen LogP contribution in [0.1, 0.15) is 58.9 Å². The average molecular weight is 554 g/mol. The molecule has 202 valence electrons. The van der Waals surface area contributed by atoms with Crippen LogP contribution in [0.25, 0.3) is 5.57 Å². The van der Waals surface area contributed by atoms with Crippen LogP contribution in [-0.2, 0) is 5.41 Å². The number of rotatable bonds is 5. The number of hydrogen-bond donors (Lipinski definition) is 0. The van der Waals surface area contributed by atoms with E-state index in [1.165, 1.54) is 16.7 Å². The number of hydrogen-bond acceptors (Lipinski definition) is 1. The van der Waals surface area contributed by atoms with Gasteiger partial charge in [0.05, 0.1) is 27.2 Å². The van der Waals surface area contributed by atoms with E-state index in [0.717, 1.165) is 22.4 Å². The van der Waals surface area contributed by atoms with Gasteiger partial charge in [-0.05, 0) is 72.9 Å². The van der Waals surface area contributed by atoms with E-state index >= 15 is 0 Å². The summed E-state index contributed by atoms with van der Waals surface area (Å²) < 4.78 is 0. The van der Waals surface area contributed by atoms with E-state index in [1.807, 2.05) is 17.0 Å². The summed E-state index contributed by atoms with van der Waals surface area (Å²) in [6.07, 6.45) is 2.18. The second-order valence-electron chi connectivity index (χ2n) is 11.2. The van der Waals surface area contributed by atoms with Crippen LogP contribution in [-0.4, -0.2) is 11.4 Å². The van der Waals surface area contributed by atoms with Gasteiger partial charge in [0.2, 0.25) is 0 Å². The second-order valence-corrected chi connectivity index (χ2v) is 11.6. The minimum Gasteiger partial charge on any atom is -0.299 e. The summed E-state index contributed by atoms with van der Waals surface area (Å²) in [5, 5.41) is 0.453. The maximum Gasteiger partial charge on any atom is 0.260 e. The largest absolute Gasteiger partial charge is 0.299 e. The first-order valence-electron chi connectivity index (χ1n) is 13.9. The van der Waals surface area contributed by atoms with Crippen LogP contribution in [0.4, 0.5) is 5.69 Å². The molecule has 0 unspecified atom stereocenters. The number of fused-ring (bicyclic) bond motifs is 1. The van der Waals surface area contributed by atoms with Crippen molar-refractivity contribution >= 4 is 28.8 Å². The highest BCUT2D eigenvalue weighted by atomic mass is 35.5. The van der Waals surface area contributed by atoms with Gasteiger partial charge in [-0.3, -0.25) is 9.69 Å². The van der Waals surface area contributed by atoms with Crippen molar-refractivity contribution in [1.82, 2.24) is 0 Å². The maximum atomic E-state index is 14.1. The number of anilines is 1. The summed E-state index contributed by atoms with van der Waals surface area (Å²) in [4.78, 5) is 15.9. The molecule has 1 aliphatic heterocycles. The van der Waals surface area contributed by atoms with Gasteiger partial charge in [0.15, 0.2) is 0 Å². The Balaban J connectivity index is 1.63. The van der Waals surface area contributed by atoms with Crippen LogP contribution in [0.15, 0.2) is 140 Å². The van der Waals surface area contributed by atoms with Gasteiger partial charge in [0, 0.05) is 5.56 Å². The van der Waals surface area contributed by atoms with Gasteiger partial charge in [0.1, 0.15) is 0 Å². The Morgan fingerprint density at radius 2 is 1.15 bits per heavy atom. The lowest BCUT2D eigenvalue weighted by molar-refractivity contribution is 0.0970. The van der Waals surface area contributed by atoms with Gasteiger partial charge in [0.25, 0.3) is 5.91 Å². The predicted molar refractivity (Wildman–Crippen MR) is 171 cm³/mol. The lowest BCUT2D eigenvalue weighted by Gasteiger charge is -2.43. The van der Waals surface area contributed by atoms with Crippen molar-refractivity contribution in [3.05, 3.63) is 178 Å². The van der Waals surface area contributed by atoms with Gasteiger partial charge in [-0.1, -0.05) is 127 Å². The molecule has 0 atom stereocenters. The highest BCUT2D eigenvalue weighted by Gasteiger charge is 2.41. The van der Waals surface area contributed by atoms with E-state index in [0.29, 0.717) is 10.6 Å². The van der Waals surface area contributed by atoms with Crippen LogP contribution in [0.2, 0.25) is 5.02 Å². The zero-order valence-electron chi connectivity index (χ0n) is 23.5. The number of allylic oxidation sites excluding steroid dienone is 1. The second kappa shape index (κ2) is 10.5. The number of carbonyl (C=O) groups excluding carboxylic acids is 1. The van der Waals surface area contributed by atoms with Gasteiger partial charge >= 0.3 is 0 Å². The summed E-state index contributed by atoms with van der Waals surface area (Å²) in [6, 6.07) is 45.9. The molecule has 0 fully saturated rings. The van der Waals surface area contributed by atoms with Crippen LogP contribution >= 0.6 is 11.6 Å². The van der Waals surface area contributed by atoms with E-state index in [2.05, 4.69) is 136 Å². The van der Waals surface area contributed by atoms with Crippen molar-refractivity contribution in [2.24, 2.45) is 0 Å². The van der Waals surface area contributed by atoms with Crippen LogP contribution in [0, 0.1) is 0 Å². The summed E-state index contributed by atoms with van der Waals surface area (Å²) in [5.74, 6) is -0.112. The van der Waals surface area contributed by atoms with Crippen molar-refractivity contribution < 1.29 is 4.79 Å². The number of carbonyl (C=O) groups is 1. The van der Waals surface area contributed by atoms with Crippen LogP contribution in [0.5, 0.6) is 0 Å². The smallest absolute Gasteiger partial charge is 0.260 e. The molecule has 0 radical (unpaired) electrons. The first-order chi connectivity index (χ1) is 19.8. The Morgan fingerprint density at radius 3 is 1.66 bits per heavy atom. The van der Waals surface area contributed by atoms with Crippen molar-refractivity contribution in [2.75, 3.05) is 4.90 Å². The average Bonchev–Trinajstić information content (AvgIpc) is 2.99. The summed E-state index contributed by atoms with van der Waals surface area (Å²) in [6.45, 7) is 6.28. The molecule has 6 rings (SSSR count). The molecule has 0 saturated heterocycles. The molecule has 5 aromatic rings. The topological polar surface area (TPSA) is 20.3 Å². The molecule has 1 aliphatic rings. The number of halogens is 1. The van der Waals surface area contributed by atoms with E-state index in [1.54, 1.807) is 12.1 Å². The minimum absolute atomic E-state index is 0.112. The molecule has 0 bridgehead atoms. The molecule has 1 heterocycles. The minimum atomic E-state index is -0.566. The Bertz CT molecular complexity index is 1640. The zero-order chi connectivity index (χ0) is 28.6. The molecule has 41 heavy (non-hydrogen) atoms. The third-order valence-electron chi connectivity index (χ3n) is 8.17. The number of nitrogens with zero attached hydrogens (tertiary/aromatic N) is 1. The van der Waals surface area contributed by atoms with Crippen molar-refractivity contribution in [2.45, 2.75) is 31.7 Å². The molecule has 0 N–H and O–H groups in total. The molecular formula is C38H32ClNO. The Hall–Kier alpha value is -4.40. The first-order valence-corrected chi connectivity index (χ1v) is 14.3. The van der Waals surface area contributed by atoms with Crippen molar-refractivity contribution in [1.29, 1.82) is 0 Å². The van der Waals surface area contributed by atoms with Crippen molar-refractivity contribution in [3.8, 4) is 0 Å². The Kier molecular flexibility index (Phi) is 6.89. The van der Waals surface area contributed by atoms with Crippen molar-refractivity contribution in [3.63, 3.8) is 0 Å². The fourth-order valence-corrected chi connectivity index (χ4v) is 6.67. The fraction of sp³-hybridized carbons (Fsp3) is 0.132. The SMILES string of the molecule is CC1=CC(C)(C)N(C(=O)c2ccccc2Cl)c2ccc(C(c3ccccc3)(c3ccccc3)c3ccccc3)cc21. The third kappa shape index (κ3) is 4.49. The maximum absolute atomic E-state index is 14.1.